The number of fused-ring (bicyclic) bond motifs is 1. The molecule has 9 heteroatoms. The molecule has 0 spiro atoms. The molecular weight excluding hydrogens is 381 g/mol. The van der Waals surface area contributed by atoms with E-state index in [9.17, 15) is 13.2 Å². The lowest BCUT2D eigenvalue weighted by molar-refractivity contribution is 0.581. The van der Waals surface area contributed by atoms with Gasteiger partial charge in [-0.15, -0.1) is 0 Å². The number of rotatable bonds is 4. The number of nitrogens with one attached hydrogen (secondary N) is 1. The minimum atomic E-state index is -0.764. The lowest BCUT2D eigenvalue weighted by Gasteiger charge is -2.16. The van der Waals surface area contributed by atoms with Crippen LogP contribution in [0.2, 0.25) is 0 Å². The van der Waals surface area contributed by atoms with Crippen LogP contribution in [0.1, 0.15) is 24.4 Å². The van der Waals surface area contributed by atoms with E-state index in [1.165, 1.54) is 35.2 Å². The molecule has 0 unspecified atom stereocenters. The van der Waals surface area contributed by atoms with Crippen LogP contribution in [0.3, 0.4) is 0 Å². The summed E-state index contributed by atoms with van der Waals surface area (Å²) in [7, 11) is 0. The molecule has 29 heavy (non-hydrogen) atoms. The van der Waals surface area contributed by atoms with Crippen molar-refractivity contribution in [2.75, 3.05) is 5.32 Å². The highest BCUT2D eigenvalue weighted by atomic mass is 19.1. The minimum Gasteiger partial charge on any atom is -0.345 e. The maximum Gasteiger partial charge on any atom is 0.223 e. The van der Waals surface area contributed by atoms with Gasteiger partial charge in [0.2, 0.25) is 5.95 Å². The number of nitriles is 1. The molecule has 1 N–H and O–H groups in total. The Balaban J connectivity index is 1.83. The normalized spacial score (nSPS) is 12.0. The van der Waals surface area contributed by atoms with Crippen molar-refractivity contribution in [3.8, 4) is 11.8 Å². The number of hydrogen-bond donors (Lipinski definition) is 1. The van der Waals surface area contributed by atoms with Crippen LogP contribution in [0.4, 0.5) is 19.1 Å². The third-order valence-electron chi connectivity index (χ3n) is 4.26. The molecule has 0 saturated heterocycles. The number of halogens is 3. The summed E-state index contributed by atoms with van der Waals surface area (Å²) >= 11 is 0. The highest BCUT2D eigenvalue weighted by molar-refractivity contribution is 5.78. The number of nitrogens with zero attached hydrogens (tertiary/aromatic N) is 5. The third-order valence-corrected chi connectivity index (χ3v) is 4.26. The van der Waals surface area contributed by atoms with E-state index in [1.54, 1.807) is 6.92 Å². The summed E-state index contributed by atoms with van der Waals surface area (Å²) in [5, 5.41) is 11.9. The molecule has 1 atom stereocenters. The number of hydrogen-bond acceptors (Lipinski definition) is 5. The number of imidazole rings is 1. The first kappa shape index (κ1) is 18.4. The van der Waals surface area contributed by atoms with Gasteiger partial charge in [0.25, 0.3) is 0 Å². The van der Waals surface area contributed by atoms with Crippen molar-refractivity contribution in [2.45, 2.75) is 13.0 Å². The molecule has 2 aromatic heterocycles. The van der Waals surface area contributed by atoms with Crippen molar-refractivity contribution in [2.24, 2.45) is 0 Å². The Kier molecular flexibility index (Phi) is 4.60. The van der Waals surface area contributed by atoms with Gasteiger partial charge in [0, 0.05) is 12.1 Å². The molecule has 4 aromatic rings. The Morgan fingerprint density at radius 2 is 1.69 bits per heavy atom. The molecule has 0 fully saturated rings. The fourth-order valence-corrected chi connectivity index (χ4v) is 3.02. The van der Waals surface area contributed by atoms with E-state index in [2.05, 4.69) is 20.3 Å². The van der Waals surface area contributed by atoms with Crippen LogP contribution in [0.25, 0.3) is 16.7 Å². The van der Waals surface area contributed by atoms with Crippen LogP contribution in [0.15, 0.2) is 48.8 Å². The van der Waals surface area contributed by atoms with Gasteiger partial charge in [0.15, 0.2) is 0 Å². The van der Waals surface area contributed by atoms with Crippen LogP contribution in [-0.2, 0) is 0 Å². The average molecular weight is 394 g/mol. The predicted molar refractivity (Wildman–Crippen MR) is 99.7 cm³/mol. The van der Waals surface area contributed by atoms with Crippen molar-refractivity contribution in [3.05, 3.63) is 77.6 Å². The molecule has 4 rings (SSSR count). The van der Waals surface area contributed by atoms with Crippen LogP contribution in [0, 0.1) is 28.8 Å². The first-order chi connectivity index (χ1) is 13.9. The smallest absolute Gasteiger partial charge is 0.223 e. The summed E-state index contributed by atoms with van der Waals surface area (Å²) in [5.74, 6) is -1.41. The molecular formula is C20H13F3N6. The SMILES string of the molecule is C[C@@H](Nc1ncc(C#N)cn1)c1nc2ccc(F)cc2n1-c1cc(F)cc(F)c1. The monoisotopic (exact) mass is 394 g/mol. The van der Waals surface area contributed by atoms with Gasteiger partial charge in [0.1, 0.15) is 29.3 Å². The lowest BCUT2D eigenvalue weighted by Crippen LogP contribution is -2.15. The van der Waals surface area contributed by atoms with Gasteiger partial charge in [-0.25, -0.2) is 28.1 Å². The first-order valence-corrected chi connectivity index (χ1v) is 8.57. The van der Waals surface area contributed by atoms with Crippen molar-refractivity contribution in [1.29, 1.82) is 5.26 Å². The van der Waals surface area contributed by atoms with Gasteiger partial charge in [-0.05, 0) is 31.2 Å². The number of benzene rings is 2. The van der Waals surface area contributed by atoms with Crippen LogP contribution in [0.5, 0.6) is 0 Å². The zero-order valence-electron chi connectivity index (χ0n) is 15.1. The fraction of sp³-hybridized carbons (Fsp3) is 0.100. The van der Waals surface area contributed by atoms with Gasteiger partial charge in [0.05, 0.1) is 40.7 Å². The van der Waals surface area contributed by atoms with Crippen LogP contribution >= 0.6 is 0 Å². The Morgan fingerprint density at radius 3 is 2.34 bits per heavy atom. The van der Waals surface area contributed by atoms with Gasteiger partial charge < -0.3 is 5.32 Å². The van der Waals surface area contributed by atoms with Crippen LogP contribution in [-0.4, -0.2) is 19.5 Å². The Hall–Kier alpha value is -3.93. The van der Waals surface area contributed by atoms with Gasteiger partial charge >= 0.3 is 0 Å². The molecule has 0 radical (unpaired) electrons. The summed E-state index contributed by atoms with van der Waals surface area (Å²) in [6, 6.07) is 8.46. The summed E-state index contributed by atoms with van der Waals surface area (Å²) < 4.78 is 43.0. The van der Waals surface area contributed by atoms with E-state index in [0.29, 0.717) is 22.4 Å². The highest BCUT2D eigenvalue weighted by Gasteiger charge is 2.20. The molecule has 0 bridgehead atoms. The summed E-state index contributed by atoms with van der Waals surface area (Å²) in [6.07, 6.45) is 2.73. The molecule has 6 nitrogen and oxygen atoms in total. The maximum absolute atomic E-state index is 13.9. The van der Waals surface area contributed by atoms with E-state index < -0.39 is 23.5 Å². The second kappa shape index (κ2) is 7.24. The predicted octanol–water partition coefficient (Wildman–Crippen LogP) is 4.28. The zero-order valence-corrected chi connectivity index (χ0v) is 15.1. The molecule has 0 saturated carbocycles. The quantitative estimate of drug-likeness (QED) is 0.559. The molecule has 2 aromatic carbocycles. The van der Waals surface area contributed by atoms with E-state index in [4.69, 9.17) is 5.26 Å². The van der Waals surface area contributed by atoms with Crippen molar-refractivity contribution < 1.29 is 13.2 Å². The van der Waals surface area contributed by atoms with Gasteiger partial charge in [-0.3, -0.25) is 4.57 Å². The second-order valence-electron chi connectivity index (χ2n) is 6.34. The standard InChI is InChI=1S/C20H13F3N6/c1-11(27-20-25-9-12(8-24)10-26-20)19-28-17-3-2-13(21)7-18(17)29(19)16-5-14(22)4-15(23)6-16/h2-7,9-11H,1H3,(H,25,26,27)/t11-/m1/s1. The largest absolute Gasteiger partial charge is 0.345 e. The van der Waals surface area contributed by atoms with E-state index in [-0.39, 0.29) is 11.6 Å². The highest BCUT2D eigenvalue weighted by Crippen LogP contribution is 2.28. The van der Waals surface area contributed by atoms with Gasteiger partial charge in [-0.1, -0.05) is 0 Å². The molecule has 2 heterocycles. The van der Waals surface area contributed by atoms with E-state index >= 15 is 0 Å². The lowest BCUT2D eigenvalue weighted by atomic mass is 10.2. The summed E-state index contributed by atoms with van der Waals surface area (Å²) in [5.41, 5.74) is 1.29. The molecule has 0 aliphatic heterocycles. The first-order valence-electron chi connectivity index (χ1n) is 8.57. The average Bonchev–Trinajstić information content (AvgIpc) is 3.06. The topological polar surface area (TPSA) is 79.4 Å². The summed E-state index contributed by atoms with van der Waals surface area (Å²) in [6.45, 7) is 1.76. The Morgan fingerprint density at radius 1 is 1.00 bits per heavy atom. The third kappa shape index (κ3) is 3.60. The fourth-order valence-electron chi connectivity index (χ4n) is 3.02. The van der Waals surface area contributed by atoms with Crippen LogP contribution < -0.4 is 5.32 Å². The second-order valence-corrected chi connectivity index (χ2v) is 6.34. The molecule has 0 aliphatic carbocycles. The Bertz CT molecular complexity index is 1220. The van der Waals surface area contributed by atoms with Gasteiger partial charge in [-0.2, -0.15) is 5.26 Å². The number of anilines is 1. The number of aromatic nitrogens is 4. The van der Waals surface area contributed by atoms with Crippen molar-refractivity contribution in [3.63, 3.8) is 0 Å². The minimum absolute atomic E-state index is 0.167. The van der Waals surface area contributed by atoms with Crippen molar-refractivity contribution in [1.82, 2.24) is 19.5 Å². The Labute approximate surface area is 163 Å². The maximum atomic E-state index is 13.9. The van der Waals surface area contributed by atoms with E-state index in [1.807, 2.05) is 6.07 Å². The molecule has 144 valence electrons. The molecule has 0 aliphatic rings. The summed E-state index contributed by atoms with van der Waals surface area (Å²) in [4.78, 5) is 12.6. The molecule has 0 amide bonds. The van der Waals surface area contributed by atoms with E-state index in [0.717, 1.165) is 18.2 Å². The van der Waals surface area contributed by atoms with Crippen molar-refractivity contribution >= 4 is 17.0 Å². The zero-order chi connectivity index (χ0) is 20.5.